The summed E-state index contributed by atoms with van der Waals surface area (Å²) in [6.07, 6.45) is 48.3. The number of carbonyl (C=O) groups is 1. The van der Waals surface area contributed by atoms with Gasteiger partial charge in [0.05, 0.1) is 70.6 Å². The van der Waals surface area contributed by atoms with E-state index in [1.807, 2.05) is 11.9 Å². The number of ether oxygens (including phenoxy) is 5. The number of hydrogen-bond donors (Lipinski definition) is 4. The lowest BCUT2D eigenvalue weighted by molar-refractivity contribution is -0.180. The topological polar surface area (TPSA) is 139 Å². The molecule has 2 aliphatic carbocycles. The SMILES string of the molecule is CCCCCC=CCC=CCCCCCCCCC1(CCCCCCCCC=CCC=CCCCCC)OCC(CN(C)CC(=O)NCCOCCOCCOC2C3C(O)C(O)C(CO)C23)O1. The molecule has 3 rings (SSSR count). The number of hydrogen-bond acceptors (Lipinski definition) is 10. The van der Waals surface area contributed by atoms with Gasteiger partial charge < -0.3 is 44.3 Å². The fraction of sp³-hybridized carbons (Fsp3) is 0.839. The van der Waals surface area contributed by atoms with Crippen LogP contribution in [0.5, 0.6) is 0 Å². The van der Waals surface area contributed by atoms with E-state index in [9.17, 15) is 20.1 Å². The summed E-state index contributed by atoms with van der Waals surface area (Å²) in [5.74, 6) is -0.964. The van der Waals surface area contributed by atoms with Crippen LogP contribution < -0.4 is 5.32 Å². The highest BCUT2D eigenvalue weighted by Crippen LogP contribution is 2.57. The van der Waals surface area contributed by atoms with Crippen molar-refractivity contribution >= 4 is 5.91 Å². The lowest BCUT2D eigenvalue weighted by atomic mass is 9.98. The molecule has 0 bridgehead atoms. The van der Waals surface area contributed by atoms with E-state index in [1.54, 1.807) is 0 Å². The molecule has 3 fully saturated rings. The van der Waals surface area contributed by atoms with Gasteiger partial charge in [-0.15, -0.1) is 0 Å². The number of rotatable bonds is 45. The summed E-state index contributed by atoms with van der Waals surface area (Å²) in [4.78, 5) is 14.8. The number of carbonyl (C=O) groups excluding carboxylic acids is 1. The number of nitrogens with one attached hydrogen (secondary N) is 1. The molecule has 11 nitrogen and oxygen atoms in total. The second kappa shape index (κ2) is 38.8. The zero-order valence-corrected chi connectivity index (χ0v) is 42.9. The Morgan fingerprint density at radius 1 is 0.642 bits per heavy atom. The predicted octanol–water partition coefficient (Wildman–Crippen LogP) is 10.6. The minimum atomic E-state index is -0.872. The van der Waals surface area contributed by atoms with Gasteiger partial charge in [-0.25, -0.2) is 0 Å². The zero-order valence-electron chi connectivity index (χ0n) is 42.9. The van der Waals surface area contributed by atoms with E-state index in [1.165, 1.54) is 128 Å². The Morgan fingerprint density at radius 2 is 1.13 bits per heavy atom. The number of fused-ring (bicyclic) bond motifs is 1. The lowest BCUT2D eigenvalue weighted by Gasteiger charge is -2.29. The van der Waals surface area contributed by atoms with Gasteiger partial charge in [-0.3, -0.25) is 9.69 Å². The number of amides is 1. The molecule has 67 heavy (non-hydrogen) atoms. The summed E-state index contributed by atoms with van der Waals surface area (Å²) in [5.41, 5.74) is 0. The Kier molecular flexibility index (Phi) is 34.4. The number of nitrogens with zero attached hydrogens (tertiary/aromatic N) is 1. The minimum Gasteiger partial charge on any atom is -0.396 e. The van der Waals surface area contributed by atoms with Crippen LogP contribution in [-0.2, 0) is 28.5 Å². The molecule has 3 aliphatic rings. The first-order valence-corrected chi connectivity index (χ1v) is 27.5. The molecule has 1 saturated heterocycles. The van der Waals surface area contributed by atoms with Gasteiger partial charge in [-0.2, -0.15) is 0 Å². The van der Waals surface area contributed by atoms with Crippen LogP contribution in [0.15, 0.2) is 48.6 Å². The Balaban J connectivity index is 1.25. The summed E-state index contributed by atoms with van der Waals surface area (Å²) in [6.45, 7) is 8.29. The van der Waals surface area contributed by atoms with Crippen LogP contribution in [0, 0.1) is 17.8 Å². The number of unbranched alkanes of at least 4 members (excludes halogenated alkanes) is 18. The standard InChI is InChI=1S/C56H100N2O9/c1-4-6-8-10-12-14-16-18-20-22-24-26-28-30-32-34-36-56(37-35-33-31-29-27-25-23-21-19-17-15-13-11-9-7-5-2)66-47-48(67-56)44-58(3)45-50(60)57-38-39-63-40-41-64-42-43-65-55-51-49(46-59)53(61)54(62)52(51)55/h12-15,18-21,48-49,51-55,59,61-62H,4-11,16-17,22-47H2,1-3H3,(H,57,60). The van der Waals surface area contributed by atoms with Crippen molar-refractivity contribution in [2.75, 3.05) is 72.9 Å². The van der Waals surface area contributed by atoms with Crippen LogP contribution in [0.3, 0.4) is 0 Å². The summed E-state index contributed by atoms with van der Waals surface area (Å²) in [6, 6.07) is 0. The summed E-state index contributed by atoms with van der Waals surface area (Å²) in [5, 5.41) is 32.5. The Hall–Kier alpha value is -1.93. The third-order valence-corrected chi connectivity index (χ3v) is 13.8. The fourth-order valence-corrected chi connectivity index (χ4v) is 9.84. The van der Waals surface area contributed by atoms with Gasteiger partial charge in [0.15, 0.2) is 5.79 Å². The molecule has 2 saturated carbocycles. The molecule has 7 atom stereocenters. The van der Waals surface area contributed by atoms with E-state index in [4.69, 9.17) is 23.7 Å². The predicted molar refractivity (Wildman–Crippen MR) is 273 cm³/mol. The molecule has 0 aromatic carbocycles. The molecule has 388 valence electrons. The molecule has 0 spiro atoms. The molecule has 1 aliphatic heterocycles. The Morgan fingerprint density at radius 3 is 1.67 bits per heavy atom. The molecule has 0 aromatic rings. The van der Waals surface area contributed by atoms with Crippen molar-refractivity contribution in [1.29, 1.82) is 0 Å². The largest absolute Gasteiger partial charge is 0.396 e. The molecule has 0 radical (unpaired) electrons. The lowest BCUT2D eigenvalue weighted by Crippen LogP contribution is -2.41. The average molecular weight is 945 g/mol. The second-order valence-electron chi connectivity index (χ2n) is 19.7. The van der Waals surface area contributed by atoms with E-state index < -0.39 is 18.0 Å². The van der Waals surface area contributed by atoms with Crippen LogP contribution in [0.4, 0.5) is 0 Å². The van der Waals surface area contributed by atoms with Crippen LogP contribution >= 0.6 is 0 Å². The van der Waals surface area contributed by atoms with E-state index >= 15 is 0 Å². The molecular weight excluding hydrogens is 845 g/mol. The average Bonchev–Trinajstić information content (AvgIpc) is 3.78. The number of likely N-dealkylation sites (N-methyl/N-ethyl adjacent to an activating group) is 1. The smallest absolute Gasteiger partial charge is 0.234 e. The first-order valence-electron chi connectivity index (χ1n) is 27.5. The maximum absolute atomic E-state index is 12.8. The molecular formula is C56H100N2O9. The first-order chi connectivity index (χ1) is 32.9. The van der Waals surface area contributed by atoms with Gasteiger partial charge in [0.25, 0.3) is 0 Å². The van der Waals surface area contributed by atoms with Gasteiger partial charge in [-0.1, -0.05) is 140 Å². The molecule has 0 aromatic heterocycles. The molecule has 11 heteroatoms. The first kappa shape index (κ1) is 59.4. The molecule has 1 amide bonds. The fourth-order valence-electron chi connectivity index (χ4n) is 9.84. The molecule has 7 unspecified atom stereocenters. The quantitative estimate of drug-likeness (QED) is 0.0345. The van der Waals surface area contributed by atoms with Gasteiger partial charge in [0.2, 0.25) is 5.91 Å². The Labute approximate surface area is 408 Å². The van der Waals surface area contributed by atoms with Crippen molar-refractivity contribution in [3.05, 3.63) is 48.6 Å². The van der Waals surface area contributed by atoms with Gasteiger partial charge in [0, 0.05) is 50.3 Å². The van der Waals surface area contributed by atoms with Crippen molar-refractivity contribution < 1.29 is 43.8 Å². The number of allylic oxidation sites excluding steroid dienone is 8. The van der Waals surface area contributed by atoms with E-state index in [-0.39, 0.29) is 49.0 Å². The summed E-state index contributed by atoms with van der Waals surface area (Å²) < 4.78 is 30.4. The van der Waals surface area contributed by atoms with Crippen molar-refractivity contribution in [2.24, 2.45) is 17.8 Å². The highest BCUT2D eigenvalue weighted by atomic mass is 16.7. The minimum absolute atomic E-state index is 0.0136. The summed E-state index contributed by atoms with van der Waals surface area (Å²) in [7, 11) is 1.97. The van der Waals surface area contributed by atoms with Crippen LogP contribution in [0.2, 0.25) is 0 Å². The Bertz CT molecular complexity index is 1280. The third kappa shape index (κ3) is 26.7. The van der Waals surface area contributed by atoms with Crippen molar-refractivity contribution in [1.82, 2.24) is 10.2 Å². The van der Waals surface area contributed by atoms with Crippen LogP contribution in [0.25, 0.3) is 0 Å². The highest BCUT2D eigenvalue weighted by molar-refractivity contribution is 5.77. The molecule has 1 heterocycles. The third-order valence-electron chi connectivity index (χ3n) is 13.8. The maximum atomic E-state index is 12.8. The van der Waals surface area contributed by atoms with Crippen LogP contribution in [-0.4, -0.2) is 129 Å². The van der Waals surface area contributed by atoms with Gasteiger partial charge in [0.1, 0.15) is 0 Å². The van der Waals surface area contributed by atoms with E-state index in [2.05, 4.69) is 67.8 Å². The molecule has 4 N–H and O–H groups in total. The summed E-state index contributed by atoms with van der Waals surface area (Å²) >= 11 is 0. The normalized spacial score (nSPS) is 25.0. The maximum Gasteiger partial charge on any atom is 0.234 e. The second-order valence-corrected chi connectivity index (χ2v) is 19.7. The van der Waals surface area contributed by atoms with Crippen molar-refractivity contribution in [3.8, 4) is 0 Å². The zero-order chi connectivity index (χ0) is 48.1. The van der Waals surface area contributed by atoms with Gasteiger partial charge in [-0.05, 0) is 84.1 Å². The number of aliphatic hydroxyl groups is 3. The van der Waals surface area contributed by atoms with Gasteiger partial charge >= 0.3 is 0 Å². The van der Waals surface area contributed by atoms with Crippen molar-refractivity contribution in [2.45, 2.75) is 211 Å². The number of aliphatic hydroxyl groups excluding tert-OH is 3. The van der Waals surface area contributed by atoms with E-state index in [0.717, 1.165) is 38.5 Å². The van der Waals surface area contributed by atoms with Crippen molar-refractivity contribution in [3.63, 3.8) is 0 Å². The van der Waals surface area contributed by atoms with E-state index in [0.29, 0.717) is 52.7 Å². The van der Waals surface area contributed by atoms with Crippen LogP contribution in [0.1, 0.15) is 181 Å². The monoisotopic (exact) mass is 945 g/mol. The highest BCUT2D eigenvalue weighted by Gasteiger charge is 2.67.